The molecule has 0 spiro atoms. The third-order valence-electron chi connectivity index (χ3n) is 1.91. The largest absolute Gasteiger partial charge is 0.431 e. The topological polar surface area (TPSA) is 42.2 Å². The molecule has 7 heteroatoms. The minimum atomic E-state index is -4.60. The van der Waals surface area contributed by atoms with Crippen LogP contribution >= 0.6 is 15.9 Å². The van der Waals surface area contributed by atoms with E-state index in [4.69, 9.17) is 0 Å². The second-order valence-electron chi connectivity index (χ2n) is 3.17. The zero-order valence-electron chi connectivity index (χ0n) is 8.04. The number of alkyl halides is 4. The molecule has 16 heavy (non-hydrogen) atoms. The first kappa shape index (κ1) is 13.2. The molecule has 1 atom stereocenters. The minimum Gasteiger partial charge on any atom is -0.390 e. The number of aromatic nitrogens is 1. The zero-order chi connectivity index (χ0) is 12.3. The van der Waals surface area contributed by atoms with Crippen molar-refractivity contribution in [3.05, 3.63) is 34.2 Å². The van der Waals surface area contributed by atoms with E-state index in [2.05, 4.69) is 15.9 Å². The van der Waals surface area contributed by atoms with E-state index >= 15 is 0 Å². The quantitative estimate of drug-likeness (QED) is 0.862. The van der Waals surface area contributed by atoms with Crippen LogP contribution in [0.5, 0.6) is 0 Å². The summed E-state index contributed by atoms with van der Waals surface area (Å²) < 4.78 is 38.1. The Morgan fingerprint density at radius 2 is 2.06 bits per heavy atom. The molecule has 0 aliphatic heterocycles. The van der Waals surface area contributed by atoms with E-state index in [1.807, 2.05) is 0 Å². The fraction of sp³-hybridized carbons (Fsp3) is 0.444. The summed E-state index contributed by atoms with van der Waals surface area (Å²) in [6, 6.07) is 2.88. The van der Waals surface area contributed by atoms with Crippen molar-refractivity contribution in [2.45, 2.75) is 18.8 Å². The van der Waals surface area contributed by atoms with Gasteiger partial charge in [0.1, 0.15) is 5.69 Å². The van der Waals surface area contributed by atoms with E-state index in [9.17, 15) is 23.1 Å². The number of hydrogen-bond acceptors (Lipinski definition) is 2. The van der Waals surface area contributed by atoms with Crippen molar-refractivity contribution in [2.75, 3.05) is 5.33 Å². The maximum atomic E-state index is 12.5. The second kappa shape index (κ2) is 5.01. The average Bonchev–Trinajstić information content (AvgIpc) is 2.19. The van der Waals surface area contributed by atoms with E-state index < -0.39 is 23.5 Å². The Hall–Kier alpha value is -0.820. The molecule has 1 aromatic rings. The molecular weight excluding hydrogens is 291 g/mol. The molecule has 0 saturated carbocycles. The van der Waals surface area contributed by atoms with Gasteiger partial charge < -0.3 is 9.67 Å². The van der Waals surface area contributed by atoms with Crippen LogP contribution in [0.4, 0.5) is 13.2 Å². The van der Waals surface area contributed by atoms with E-state index in [1.165, 1.54) is 0 Å². The first-order chi connectivity index (χ1) is 7.36. The second-order valence-corrected chi connectivity index (χ2v) is 3.81. The lowest BCUT2D eigenvalue weighted by molar-refractivity contribution is -0.144. The predicted molar refractivity (Wildman–Crippen MR) is 55.5 cm³/mol. The van der Waals surface area contributed by atoms with Crippen molar-refractivity contribution in [1.82, 2.24) is 4.57 Å². The van der Waals surface area contributed by atoms with E-state index in [-0.39, 0.29) is 11.9 Å². The first-order valence-electron chi connectivity index (χ1n) is 4.37. The molecule has 1 rings (SSSR count). The third kappa shape index (κ3) is 3.08. The van der Waals surface area contributed by atoms with E-state index in [1.54, 1.807) is 0 Å². The summed E-state index contributed by atoms with van der Waals surface area (Å²) in [4.78, 5) is 11.3. The van der Waals surface area contributed by atoms with Crippen LogP contribution in [-0.4, -0.2) is 21.1 Å². The molecule has 1 N–H and O–H groups in total. The molecule has 3 nitrogen and oxygen atoms in total. The van der Waals surface area contributed by atoms with E-state index in [0.717, 1.165) is 18.2 Å². The lowest BCUT2D eigenvalue weighted by Crippen LogP contribution is -2.32. The minimum absolute atomic E-state index is 0.103. The Kier molecular flexibility index (Phi) is 4.15. The fourth-order valence-electron chi connectivity index (χ4n) is 1.22. The van der Waals surface area contributed by atoms with Crippen LogP contribution in [0.2, 0.25) is 0 Å². The molecule has 1 unspecified atom stereocenters. The smallest absolute Gasteiger partial charge is 0.390 e. The number of nitrogens with zero attached hydrogens (tertiary/aromatic N) is 1. The normalized spacial score (nSPS) is 13.8. The standard InChI is InChI=1S/C9H9BrF3NO2/c10-4-6(15)5-14-7(9(11,12)13)2-1-3-8(14)16/h1-3,6,15H,4-5H2. The summed E-state index contributed by atoms with van der Waals surface area (Å²) in [6.07, 6.45) is -5.65. The Balaban J connectivity index is 3.20. The summed E-state index contributed by atoms with van der Waals surface area (Å²) in [5.41, 5.74) is -1.84. The summed E-state index contributed by atoms with van der Waals surface area (Å²) in [5.74, 6) is 0. The van der Waals surface area contributed by atoms with Crippen molar-refractivity contribution in [3.63, 3.8) is 0 Å². The summed E-state index contributed by atoms with van der Waals surface area (Å²) in [6.45, 7) is -0.389. The molecule has 0 bridgehead atoms. The van der Waals surface area contributed by atoms with Gasteiger partial charge in [0.2, 0.25) is 0 Å². The summed E-state index contributed by atoms with van der Waals surface area (Å²) in [5, 5.41) is 9.35. The highest BCUT2D eigenvalue weighted by Gasteiger charge is 2.34. The third-order valence-corrected chi connectivity index (χ3v) is 2.66. The van der Waals surface area contributed by atoms with Gasteiger partial charge >= 0.3 is 6.18 Å². The van der Waals surface area contributed by atoms with Gasteiger partial charge in [0.05, 0.1) is 12.6 Å². The van der Waals surface area contributed by atoms with Gasteiger partial charge in [-0.3, -0.25) is 4.79 Å². The van der Waals surface area contributed by atoms with Crippen molar-refractivity contribution < 1.29 is 18.3 Å². The molecule has 0 aliphatic rings. The highest BCUT2D eigenvalue weighted by molar-refractivity contribution is 9.09. The molecule has 0 radical (unpaired) electrons. The number of pyridine rings is 1. The van der Waals surface area contributed by atoms with Crippen LogP contribution < -0.4 is 5.56 Å². The zero-order valence-corrected chi connectivity index (χ0v) is 9.62. The molecule has 1 aromatic heterocycles. The van der Waals surface area contributed by atoms with Gasteiger partial charge in [-0.2, -0.15) is 13.2 Å². The Morgan fingerprint density at radius 3 is 2.56 bits per heavy atom. The highest BCUT2D eigenvalue weighted by atomic mass is 79.9. The molecule has 0 amide bonds. The van der Waals surface area contributed by atoms with Crippen molar-refractivity contribution >= 4 is 15.9 Å². The van der Waals surface area contributed by atoms with Crippen LogP contribution in [0.15, 0.2) is 23.0 Å². The Bertz CT molecular complexity index is 416. The lowest BCUT2D eigenvalue weighted by Gasteiger charge is -2.16. The molecule has 0 fully saturated rings. The molecule has 0 saturated heterocycles. The van der Waals surface area contributed by atoms with Crippen molar-refractivity contribution in [3.8, 4) is 0 Å². The Labute approximate surface area is 97.6 Å². The maximum Gasteiger partial charge on any atom is 0.431 e. The maximum absolute atomic E-state index is 12.5. The van der Waals surface area contributed by atoms with Gasteiger partial charge in [-0.15, -0.1) is 0 Å². The van der Waals surface area contributed by atoms with Gasteiger partial charge in [0.15, 0.2) is 0 Å². The van der Waals surface area contributed by atoms with E-state index in [0.29, 0.717) is 4.57 Å². The number of aliphatic hydroxyl groups excluding tert-OH is 1. The van der Waals surface area contributed by atoms with Crippen LogP contribution in [0.1, 0.15) is 5.69 Å². The van der Waals surface area contributed by atoms with Crippen LogP contribution in [0, 0.1) is 0 Å². The summed E-state index contributed by atoms with van der Waals surface area (Å²) >= 11 is 2.93. The highest BCUT2D eigenvalue weighted by Crippen LogP contribution is 2.28. The molecule has 1 heterocycles. The van der Waals surface area contributed by atoms with Crippen LogP contribution in [0.25, 0.3) is 0 Å². The Morgan fingerprint density at radius 1 is 1.44 bits per heavy atom. The van der Waals surface area contributed by atoms with Crippen LogP contribution in [0.3, 0.4) is 0 Å². The number of rotatable bonds is 3. The number of hydrogen-bond donors (Lipinski definition) is 1. The first-order valence-corrected chi connectivity index (χ1v) is 5.49. The monoisotopic (exact) mass is 299 g/mol. The van der Waals surface area contributed by atoms with Gasteiger partial charge in [0.25, 0.3) is 5.56 Å². The molecular formula is C9H9BrF3NO2. The van der Waals surface area contributed by atoms with Gasteiger partial charge in [-0.25, -0.2) is 0 Å². The van der Waals surface area contributed by atoms with Gasteiger partial charge in [-0.05, 0) is 6.07 Å². The SMILES string of the molecule is O=c1cccc(C(F)(F)F)n1CC(O)CBr. The summed E-state index contributed by atoms with van der Waals surface area (Å²) in [7, 11) is 0. The molecule has 90 valence electrons. The lowest BCUT2D eigenvalue weighted by atomic mass is 10.3. The molecule has 0 aliphatic carbocycles. The number of halogens is 4. The predicted octanol–water partition coefficient (Wildman–Crippen LogP) is 1.62. The average molecular weight is 300 g/mol. The van der Waals surface area contributed by atoms with Gasteiger partial charge in [-0.1, -0.05) is 22.0 Å². The van der Waals surface area contributed by atoms with Crippen LogP contribution in [-0.2, 0) is 12.7 Å². The molecule has 0 aromatic carbocycles. The fourth-order valence-corrected chi connectivity index (χ4v) is 1.42. The van der Waals surface area contributed by atoms with Gasteiger partial charge in [0, 0.05) is 11.4 Å². The van der Waals surface area contributed by atoms with Crippen molar-refractivity contribution in [1.29, 1.82) is 0 Å². The number of aliphatic hydroxyl groups is 1. The van der Waals surface area contributed by atoms with Crippen molar-refractivity contribution in [2.24, 2.45) is 0 Å².